The van der Waals surface area contributed by atoms with Crippen LogP contribution in [0.3, 0.4) is 0 Å². The van der Waals surface area contributed by atoms with Crippen molar-refractivity contribution in [3.63, 3.8) is 0 Å². The number of sulfonamides is 1. The van der Waals surface area contributed by atoms with Crippen molar-refractivity contribution in [3.05, 3.63) is 53.4 Å². The summed E-state index contributed by atoms with van der Waals surface area (Å²) in [5.41, 5.74) is 2.01. The van der Waals surface area contributed by atoms with Crippen molar-refractivity contribution in [2.45, 2.75) is 50.5 Å². The molecular formula is C18H21NO4S. The van der Waals surface area contributed by atoms with E-state index in [4.69, 9.17) is 4.74 Å². The lowest BCUT2D eigenvalue weighted by molar-refractivity contribution is -0.136. The van der Waals surface area contributed by atoms with Gasteiger partial charge in [0, 0.05) is 6.92 Å². The van der Waals surface area contributed by atoms with E-state index < -0.39 is 16.0 Å². The summed E-state index contributed by atoms with van der Waals surface area (Å²) in [7, 11) is -3.69. The highest BCUT2D eigenvalue weighted by Crippen LogP contribution is 2.36. The molecule has 128 valence electrons. The summed E-state index contributed by atoms with van der Waals surface area (Å²) in [5.74, 6) is -0.175. The second-order valence-corrected chi connectivity index (χ2v) is 8.10. The Morgan fingerprint density at radius 1 is 1.21 bits per heavy atom. The molecule has 24 heavy (non-hydrogen) atoms. The van der Waals surface area contributed by atoms with Crippen LogP contribution in [0.5, 0.6) is 0 Å². The van der Waals surface area contributed by atoms with Gasteiger partial charge in [-0.3, -0.25) is 9.10 Å². The van der Waals surface area contributed by atoms with Crippen LogP contribution in [0.1, 0.15) is 38.2 Å². The number of allylic oxidation sites excluding steroid dienone is 1. The van der Waals surface area contributed by atoms with Crippen molar-refractivity contribution in [2.75, 3.05) is 0 Å². The molecule has 0 N–H and O–H groups in total. The van der Waals surface area contributed by atoms with Crippen molar-refractivity contribution in [3.8, 4) is 0 Å². The summed E-state index contributed by atoms with van der Waals surface area (Å²) >= 11 is 0. The quantitative estimate of drug-likeness (QED) is 0.787. The Labute approximate surface area is 142 Å². The zero-order chi connectivity index (χ0) is 17.3. The second-order valence-electron chi connectivity index (χ2n) is 6.25. The number of hydrogen-bond donors (Lipinski definition) is 0. The number of nitrogens with zero attached hydrogens (tertiary/aromatic N) is 1. The monoisotopic (exact) mass is 347 g/mol. The van der Waals surface area contributed by atoms with E-state index in [-0.39, 0.29) is 16.7 Å². The van der Waals surface area contributed by atoms with E-state index in [0.717, 1.165) is 36.8 Å². The minimum Gasteiger partial charge on any atom is -0.425 e. The third-order valence-corrected chi connectivity index (χ3v) is 6.15. The number of carbonyl (C=O) groups excluding carboxylic acids is 1. The van der Waals surface area contributed by atoms with Gasteiger partial charge in [-0.05, 0) is 50.0 Å². The summed E-state index contributed by atoms with van der Waals surface area (Å²) in [6, 6.07) is 6.61. The van der Waals surface area contributed by atoms with Gasteiger partial charge in [0.1, 0.15) is 5.76 Å². The van der Waals surface area contributed by atoms with E-state index in [1.165, 1.54) is 17.4 Å². The lowest BCUT2D eigenvalue weighted by atomic mass is 9.88. The molecule has 1 fully saturated rings. The molecule has 1 aromatic rings. The summed E-state index contributed by atoms with van der Waals surface area (Å²) in [5, 5.41) is 0. The van der Waals surface area contributed by atoms with Crippen molar-refractivity contribution in [1.82, 2.24) is 4.31 Å². The second kappa shape index (κ2) is 6.43. The highest BCUT2D eigenvalue weighted by atomic mass is 32.2. The maximum absolute atomic E-state index is 13.1. The van der Waals surface area contributed by atoms with Gasteiger partial charge < -0.3 is 4.74 Å². The van der Waals surface area contributed by atoms with Crippen LogP contribution in [0, 0.1) is 6.92 Å². The summed E-state index contributed by atoms with van der Waals surface area (Å²) in [4.78, 5) is 11.5. The first-order valence-electron chi connectivity index (χ1n) is 8.09. The lowest BCUT2D eigenvalue weighted by Crippen LogP contribution is -2.41. The van der Waals surface area contributed by atoms with Crippen molar-refractivity contribution in [2.24, 2.45) is 0 Å². The zero-order valence-corrected chi connectivity index (χ0v) is 14.7. The van der Waals surface area contributed by atoms with E-state index in [9.17, 15) is 13.2 Å². The molecular weight excluding hydrogens is 326 g/mol. The van der Waals surface area contributed by atoms with E-state index in [0.29, 0.717) is 0 Å². The smallest absolute Gasteiger partial charge is 0.308 e. The van der Waals surface area contributed by atoms with Crippen LogP contribution in [0.15, 0.2) is 52.8 Å². The van der Waals surface area contributed by atoms with Crippen molar-refractivity contribution >= 4 is 16.0 Å². The SMILES string of the molecule is CC(=O)OC1=CN(S(=O)(=O)c2ccc(C)cc2)C2CCCCC2=C1. The number of benzene rings is 1. The van der Waals surface area contributed by atoms with E-state index >= 15 is 0 Å². The Balaban J connectivity index is 2.02. The first-order chi connectivity index (χ1) is 11.4. The fourth-order valence-electron chi connectivity index (χ4n) is 3.20. The lowest BCUT2D eigenvalue weighted by Gasteiger charge is -2.37. The van der Waals surface area contributed by atoms with Crippen LogP contribution in [-0.4, -0.2) is 24.7 Å². The molecule has 3 rings (SSSR count). The topological polar surface area (TPSA) is 63.7 Å². The molecule has 5 nitrogen and oxygen atoms in total. The molecule has 1 aliphatic carbocycles. The van der Waals surface area contributed by atoms with E-state index in [1.54, 1.807) is 24.3 Å². The van der Waals surface area contributed by atoms with Crippen LogP contribution in [0.2, 0.25) is 0 Å². The molecule has 1 aliphatic heterocycles. The average Bonchev–Trinajstić information content (AvgIpc) is 2.54. The minimum absolute atomic E-state index is 0.190. The normalized spacial score (nSPS) is 20.8. The molecule has 1 saturated carbocycles. The Hall–Kier alpha value is -2.08. The highest BCUT2D eigenvalue weighted by Gasteiger charge is 2.35. The molecule has 0 radical (unpaired) electrons. The van der Waals surface area contributed by atoms with Crippen LogP contribution in [0.4, 0.5) is 0 Å². The number of esters is 1. The molecule has 0 amide bonds. The van der Waals surface area contributed by atoms with Crippen LogP contribution in [-0.2, 0) is 19.6 Å². The number of rotatable bonds is 3. The maximum atomic E-state index is 13.1. The van der Waals surface area contributed by atoms with Gasteiger partial charge in [-0.15, -0.1) is 0 Å². The summed E-state index contributed by atoms with van der Waals surface area (Å²) in [6.45, 7) is 3.23. The first-order valence-corrected chi connectivity index (χ1v) is 9.53. The third-order valence-electron chi connectivity index (χ3n) is 4.37. The third kappa shape index (κ3) is 3.24. The van der Waals surface area contributed by atoms with Crippen LogP contribution in [0.25, 0.3) is 0 Å². The molecule has 0 aromatic heterocycles. The molecule has 6 heteroatoms. The molecule has 2 aliphatic rings. The number of hydrogen-bond acceptors (Lipinski definition) is 4. The number of aryl methyl sites for hydroxylation is 1. The zero-order valence-electron chi connectivity index (χ0n) is 13.9. The van der Waals surface area contributed by atoms with Gasteiger partial charge in [-0.2, -0.15) is 0 Å². The van der Waals surface area contributed by atoms with Gasteiger partial charge in [0.05, 0.1) is 17.1 Å². The number of ether oxygens (including phenoxy) is 1. The van der Waals surface area contributed by atoms with Gasteiger partial charge in [-0.1, -0.05) is 24.1 Å². The van der Waals surface area contributed by atoms with Gasteiger partial charge in [0.2, 0.25) is 0 Å². The van der Waals surface area contributed by atoms with Crippen LogP contribution >= 0.6 is 0 Å². The Kier molecular flexibility index (Phi) is 4.49. The highest BCUT2D eigenvalue weighted by molar-refractivity contribution is 7.89. The molecule has 1 heterocycles. The fourth-order valence-corrected chi connectivity index (χ4v) is 4.75. The van der Waals surface area contributed by atoms with Gasteiger partial charge in [-0.25, -0.2) is 8.42 Å². The van der Waals surface area contributed by atoms with E-state index in [2.05, 4.69) is 0 Å². The standard InChI is InChI=1S/C18H21NO4S/c1-13-7-9-17(10-8-13)24(21,22)19-12-16(23-14(2)20)11-15-5-3-4-6-18(15)19/h7-12,18H,3-6H2,1-2H3. The Morgan fingerprint density at radius 3 is 2.58 bits per heavy atom. The molecule has 0 bridgehead atoms. The van der Waals surface area contributed by atoms with Gasteiger partial charge in [0.15, 0.2) is 0 Å². The number of carbonyl (C=O) groups is 1. The Morgan fingerprint density at radius 2 is 1.92 bits per heavy atom. The predicted molar refractivity (Wildman–Crippen MR) is 90.4 cm³/mol. The summed E-state index contributed by atoms with van der Waals surface area (Å²) < 4.78 is 32.7. The molecule has 1 unspecified atom stereocenters. The number of fused-ring (bicyclic) bond motifs is 1. The van der Waals surface area contributed by atoms with Crippen molar-refractivity contribution in [1.29, 1.82) is 0 Å². The fraction of sp³-hybridized carbons (Fsp3) is 0.389. The molecule has 1 aromatic carbocycles. The molecule has 0 spiro atoms. The molecule has 1 atom stereocenters. The summed E-state index contributed by atoms with van der Waals surface area (Å²) in [6.07, 6.45) is 6.86. The predicted octanol–water partition coefficient (Wildman–Crippen LogP) is 3.27. The van der Waals surface area contributed by atoms with Gasteiger partial charge >= 0.3 is 5.97 Å². The van der Waals surface area contributed by atoms with E-state index in [1.807, 2.05) is 13.0 Å². The maximum Gasteiger partial charge on any atom is 0.308 e. The van der Waals surface area contributed by atoms with Gasteiger partial charge in [0.25, 0.3) is 10.0 Å². The van der Waals surface area contributed by atoms with Crippen LogP contribution < -0.4 is 0 Å². The minimum atomic E-state index is -3.69. The average molecular weight is 347 g/mol. The van der Waals surface area contributed by atoms with Crippen molar-refractivity contribution < 1.29 is 17.9 Å². The Bertz CT molecular complexity index is 806. The largest absolute Gasteiger partial charge is 0.425 e. The molecule has 0 saturated heterocycles. The first kappa shape index (κ1) is 16.8.